The predicted octanol–water partition coefficient (Wildman–Crippen LogP) is 2.53. The second kappa shape index (κ2) is 7.18. The van der Waals surface area contributed by atoms with Crippen LogP contribution in [-0.4, -0.2) is 47.5 Å². The molecule has 1 aliphatic heterocycles. The Morgan fingerprint density at radius 3 is 2.27 bits per heavy atom. The van der Waals surface area contributed by atoms with Gasteiger partial charge in [-0.05, 0) is 32.4 Å². The minimum absolute atomic E-state index is 1.07. The smallest absolute Gasteiger partial charge is 0.0792 e. The van der Waals surface area contributed by atoms with Crippen LogP contribution >= 0.6 is 12.2 Å². The molecule has 15 heavy (non-hydrogen) atoms. The van der Waals surface area contributed by atoms with E-state index in [9.17, 15) is 0 Å². The second-order valence-electron chi connectivity index (χ2n) is 4.22. The maximum Gasteiger partial charge on any atom is 0.0792 e. The quantitative estimate of drug-likeness (QED) is 0.668. The van der Waals surface area contributed by atoms with Crippen molar-refractivity contribution in [1.29, 1.82) is 0 Å². The van der Waals surface area contributed by atoms with Crippen LogP contribution in [0.1, 0.15) is 39.5 Å². The number of thiocarbonyl (C=S) groups is 1. The summed E-state index contributed by atoms with van der Waals surface area (Å²) in [5.41, 5.74) is 0. The molecule has 1 heterocycles. The predicted molar refractivity (Wildman–Crippen MR) is 70.4 cm³/mol. The highest BCUT2D eigenvalue weighted by Gasteiger charge is 2.13. The number of piperidine rings is 1. The molecule has 1 rings (SSSR count). The highest BCUT2D eigenvalue weighted by Crippen LogP contribution is 2.11. The summed E-state index contributed by atoms with van der Waals surface area (Å²) in [5, 5.41) is 0. The van der Waals surface area contributed by atoms with Crippen LogP contribution < -0.4 is 0 Å². The Hall–Kier alpha value is -0.150. The Morgan fingerprint density at radius 1 is 1.13 bits per heavy atom. The molecule has 1 aliphatic rings. The van der Waals surface area contributed by atoms with Crippen LogP contribution in [0.25, 0.3) is 0 Å². The highest BCUT2D eigenvalue weighted by atomic mass is 32.1. The van der Waals surface area contributed by atoms with Crippen molar-refractivity contribution < 1.29 is 0 Å². The van der Waals surface area contributed by atoms with Gasteiger partial charge in [0, 0.05) is 26.1 Å². The van der Waals surface area contributed by atoms with E-state index in [1.165, 1.54) is 37.3 Å². The molecule has 0 saturated carbocycles. The summed E-state index contributed by atoms with van der Waals surface area (Å²) >= 11 is 5.49. The maximum absolute atomic E-state index is 5.49. The van der Waals surface area contributed by atoms with E-state index in [0.717, 1.165) is 26.1 Å². The number of hydrogen-bond donors (Lipinski definition) is 0. The van der Waals surface area contributed by atoms with Crippen LogP contribution in [0, 0.1) is 0 Å². The van der Waals surface area contributed by atoms with Crippen molar-refractivity contribution in [3.8, 4) is 0 Å². The Bertz CT molecular complexity index is 184. The lowest BCUT2D eigenvalue weighted by molar-refractivity contribution is 0.300. The third-order valence-electron chi connectivity index (χ3n) is 3.25. The fourth-order valence-electron chi connectivity index (χ4n) is 2.10. The van der Waals surface area contributed by atoms with Gasteiger partial charge in [0.1, 0.15) is 0 Å². The molecule has 0 aromatic heterocycles. The molecule has 0 aliphatic carbocycles. The third-order valence-corrected chi connectivity index (χ3v) is 3.71. The van der Waals surface area contributed by atoms with Crippen LogP contribution in [0.4, 0.5) is 0 Å². The molecule has 0 spiro atoms. The average molecular weight is 228 g/mol. The van der Waals surface area contributed by atoms with Crippen LogP contribution in [0.15, 0.2) is 0 Å². The topological polar surface area (TPSA) is 6.48 Å². The van der Waals surface area contributed by atoms with Gasteiger partial charge < -0.3 is 9.80 Å². The highest BCUT2D eigenvalue weighted by molar-refractivity contribution is 7.80. The first-order valence-electron chi connectivity index (χ1n) is 6.28. The van der Waals surface area contributed by atoms with Crippen molar-refractivity contribution in [3.63, 3.8) is 0 Å². The van der Waals surface area contributed by atoms with Gasteiger partial charge in [-0.2, -0.15) is 0 Å². The summed E-state index contributed by atoms with van der Waals surface area (Å²) in [4.78, 5) is 6.03. The number of likely N-dealkylation sites (tertiary alicyclic amines) is 1. The Balaban J connectivity index is 2.22. The Kier molecular flexibility index (Phi) is 6.18. The zero-order valence-corrected chi connectivity index (χ0v) is 11.0. The minimum Gasteiger partial charge on any atom is -0.366 e. The lowest BCUT2D eigenvalue weighted by Gasteiger charge is -2.30. The van der Waals surface area contributed by atoms with Gasteiger partial charge in [-0.15, -0.1) is 0 Å². The first-order chi connectivity index (χ1) is 7.27. The van der Waals surface area contributed by atoms with Crippen molar-refractivity contribution >= 4 is 17.2 Å². The minimum atomic E-state index is 1.07. The molecule has 0 aromatic rings. The summed E-state index contributed by atoms with van der Waals surface area (Å²) in [6.45, 7) is 10.2. The van der Waals surface area contributed by atoms with Crippen LogP contribution in [0.5, 0.6) is 0 Å². The first-order valence-corrected chi connectivity index (χ1v) is 6.68. The average Bonchev–Trinajstić information content (AvgIpc) is 2.31. The molecule has 1 fully saturated rings. The zero-order valence-electron chi connectivity index (χ0n) is 10.2. The van der Waals surface area contributed by atoms with Gasteiger partial charge in [0.05, 0.1) is 4.99 Å². The molecule has 0 aromatic carbocycles. The molecular weight excluding hydrogens is 204 g/mol. The summed E-state index contributed by atoms with van der Waals surface area (Å²) in [7, 11) is 0. The molecule has 0 N–H and O–H groups in total. The van der Waals surface area contributed by atoms with Crippen molar-refractivity contribution in [1.82, 2.24) is 9.80 Å². The summed E-state index contributed by atoms with van der Waals surface area (Å²) < 4.78 is 0. The van der Waals surface area contributed by atoms with Gasteiger partial charge in [-0.3, -0.25) is 0 Å². The van der Waals surface area contributed by atoms with Gasteiger partial charge in [0.2, 0.25) is 0 Å². The normalized spacial score (nSPS) is 17.1. The standard InChI is InChI=1S/C12H24N2S/c1-3-13(4-2)11-8-12(15)14-9-6-5-7-10-14/h3-11H2,1-2H3. The van der Waals surface area contributed by atoms with E-state index >= 15 is 0 Å². The Morgan fingerprint density at radius 2 is 1.73 bits per heavy atom. The van der Waals surface area contributed by atoms with Gasteiger partial charge in [0.15, 0.2) is 0 Å². The summed E-state index contributed by atoms with van der Waals surface area (Å²) in [6.07, 6.45) is 5.10. The van der Waals surface area contributed by atoms with E-state index in [-0.39, 0.29) is 0 Å². The molecule has 0 amide bonds. The summed E-state index contributed by atoms with van der Waals surface area (Å²) in [6, 6.07) is 0. The molecule has 0 bridgehead atoms. The molecular formula is C12H24N2S. The second-order valence-corrected chi connectivity index (χ2v) is 4.69. The zero-order chi connectivity index (χ0) is 11.1. The number of rotatable bonds is 5. The monoisotopic (exact) mass is 228 g/mol. The molecule has 88 valence electrons. The summed E-state index contributed by atoms with van der Waals surface area (Å²) in [5.74, 6) is 0. The van der Waals surface area contributed by atoms with Crippen molar-refractivity contribution in [2.75, 3.05) is 32.7 Å². The van der Waals surface area contributed by atoms with E-state index in [0.29, 0.717) is 0 Å². The van der Waals surface area contributed by atoms with E-state index < -0.39 is 0 Å². The molecule has 0 radical (unpaired) electrons. The van der Waals surface area contributed by atoms with E-state index in [1.54, 1.807) is 0 Å². The Labute approximate surface area is 99.6 Å². The van der Waals surface area contributed by atoms with E-state index in [2.05, 4.69) is 23.6 Å². The first kappa shape index (κ1) is 12.9. The van der Waals surface area contributed by atoms with Gasteiger partial charge in [-0.1, -0.05) is 26.1 Å². The van der Waals surface area contributed by atoms with Crippen molar-refractivity contribution in [2.45, 2.75) is 39.5 Å². The van der Waals surface area contributed by atoms with Gasteiger partial charge in [-0.25, -0.2) is 0 Å². The number of hydrogen-bond acceptors (Lipinski definition) is 2. The largest absolute Gasteiger partial charge is 0.366 e. The molecule has 0 unspecified atom stereocenters. The molecule has 2 nitrogen and oxygen atoms in total. The third kappa shape index (κ3) is 4.47. The number of nitrogens with zero attached hydrogens (tertiary/aromatic N) is 2. The lowest BCUT2D eigenvalue weighted by Crippen LogP contribution is -2.36. The molecule has 0 atom stereocenters. The fourth-order valence-corrected chi connectivity index (χ4v) is 2.37. The SMILES string of the molecule is CCN(CC)CCC(=S)N1CCCCC1. The van der Waals surface area contributed by atoms with Crippen molar-refractivity contribution in [2.24, 2.45) is 0 Å². The van der Waals surface area contributed by atoms with Crippen LogP contribution in [0.3, 0.4) is 0 Å². The van der Waals surface area contributed by atoms with Crippen LogP contribution in [0.2, 0.25) is 0 Å². The van der Waals surface area contributed by atoms with E-state index in [4.69, 9.17) is 12.2 Å². The van der Waals surface area contributed by atoms with E-state index in [1.807, 2.05) is 0 Å². The van der Waals surface area contributed by atoms with Gasteiger partial charge >= 0.3 is 0 Å². The molecule has 3 heteroatoms. The van der Waals surface area contributed by atoms with Gasteiger partial charge in [0.25, 0.3) is 0 Å². The van der Waals surface area contributed by atoms with Crippen LogP contribution in [-0.2, 0) is 0 Å². The lowest BCUT2D eigenvalue weighted by atomic mass is 10.1. The molecule has 1 saturated heterocycles. The van der Waals surface area contributed by atoms with Crippen molar-refractivity contribution in [3.05, 3.63) is 0 Å². The maximum atomic E-state index is 5.49. The fraction of sp³-hybridized carbons (Fsp3) is 0.917.